The van der Waals surface area contributed by atoms with Crippen LogP contribution in [0.4, 0.5) is 0 Å². The number of hydrogen-bond donors (Lipinski definition) is 1. The third kappa shape index (κ3) is 3.11. The highest BCUT2D eigenvalue weighted by Crippen LogP contribution is 2.28. The largest absolute Gasteiger partial charge is 0.489 e. The van der Waals surface area contributed by atoms with Crippen molar-refractivity contribution in [2.45, 2.75) is 45.3 Å². The molecule has 0 amide bonds. The van der Waals surface area contributed by atoms with E-state index in [2.05, 4.69) is 18.2 Å². The molecule has 2 aromatic rings. The van der Waals surface area contributed by atoms with Gasteiger partial charge in [0, 0.05) is 5.56 Å². The lowest BCUT2D eigenvalue weighted by Gasteiger charge is -2.15. The molecule has 21 heavy (non-hydrogen) atoms. The van der Waals surface area contributed by atoms with Crippen molar-refractivity contribution < 1.29 is 9.84 Å². The molecule has 0 aliphatic heterocycles. The third-order valence-corrected chi connectivity index (χ3v) is 4.22. The van der Waals surface area contributed by atoms with Crippen LogP contribution in [0, 0.1) is 0 Å². The van der Waals surface area contributed by atoms with Gasteiger partial charge in [0.1, 0.15) is 12.4 Å². The van der Waals surface area contributed by atoms with Crippen LogP contribution in [0.25, 0.3) is 0 Å². The number of hydrogen-bond acceptors (Lipinski definition) is 2. The fraction of sp³-hybridized carbons (Fsp3) is 0.368. The van der Waals surface area contributed by atoms with E-state index in [1.165, 1.54) is 36.0 Å². The van der Waals surface area contributed by atoms with Crippen LogP contribution in [0.15, 0.2) is 42.5 Å². The maximum atomic E-state index is 10.1. The Morgan fingerprint density at radius 2 is 1.90 bits per heavy atom. The Bertz CT molecular complexity index is 619. The average Bonchev–Trinajstić information content (AvgIpc) is 3.00. The Balaban J connectivity index is 1.73. The Morgan fingerprint density at radius 3 is 2.76 bits per heavy atom. The number of para-hydroxylation sites is 1. The molecule has 0 unspecified atom stereocenters. The minimum Gasteiger partial charge on any atom is -0.489 e. The highest BCUT2D eigenvalue weighted by Gasteiger charge is 2.13. The van der Waals surface area contributed by atoms with Crippen LogP contribution in [0.1, 0.15) is 48.1 Å². The number of aliphatic hydroxyl groups is 1. The molecule has 1 atom stereocenters. The summed E-state index contributed by atoms with van der Waals surface area (Å²) in [7, 11) is 0. The predicted molar refractivity (Wildman–Crippen MR) is 84.5 cm³/mol. The van der Waals surface area contributed by atoms with Crippen molar-refractivity contribution in [2.75, 3.05) is 0 Å². The van der Waals surface area contributed by atoms with Crippen molar-refractivity contribution in [3.8, 4) is 5.75 Å². The standard InChI is InChI=1S/C19H22O2/c1-2-18(20)17-8-3-4-9-19(17)21-13-14-10-11-15-6-5-7-16(15)12-14/h3-4,8-12,18,20H,2,5-7,13H2,1H3/t18-/m0/s1. The summed E-state index contributed by atoms with van der Waals surface area (Å²) >= 11 is 0. The zero-order valence-electron chi connectivity index (χ0n) is 12.5. The molecule has 0 bridgehead atoms. The average molecular weight is 282 g/mol. The number of fused-ring (bicyclic) bond motifs is 1. The molecule has 110 valence electrons. The van der Waals surface area contributed by atoms with E-state index in [4.69, 9.17) is 4.74 Å². The lowest BCUT2D eigenvalue weighted by atomic mass is 10.1. The molecule has 2 nitrogen and oxygen atoms in total. The second kappa shape index (κ2) is 6.31. The molecular weight excluding hydrogens is 260 g/mol. The van der Waals surface area contributed by atoms with Crippen LogP contribution >= 0.6 is 0 Å². The monoisotopic (exact) mass is 282 g/mol. The van der Waals surface area contributed by atoms with Crippen molar-refractivity contribution in [3.63, 3.8) is 0 Å². The van der Waals surface area contributed by atoms with Gasteiger partial charge in [-0.05, 0) is 48.4 Å². The zero-order chi connectivity index (χ0) is 14.7. The molecule has 1 N–H and O–H groups in total. The van der Waals surface area contributed by atoms with Crippen molar-refractivity contribution in [2.24, 2.45) is 0 Å². The molecule has 1 aliphatic carbocycles. The van der Waals surface area contributed by atoms with Gasteiger partial charge in [-0.3, -0.25) is 0 Å². The highest BCUT2D eigenvalue weighted by molar-refractivity contribution is 5.37. The summed E-state index contributed by atoms with van der Waals surface area (Å²) in [6.45, 7) is 2.53. The van der Waals surface area contributed by atoms with Gasteiger partial charge in [0.15, 0.2) is 0 Å². The van der Waals surface area contributed by atoms with Gasteiger partial charge in [0.05, 0.1) is 6.10 Å². The van der Waals surface area contributed by atoms with E-state index in [0.717, 1.165) is 11.3 Å². The van der Waals surface area contributed by atoms with Crippen LogP contribution in [-0.2, 0) is 19.4 Å². The highest BCUT2D eigenvalue weighted by atomic mass is 16.5. The Morgan fingerprint density at radius 1 is 1.10 bits per heavy atom. The maximum absolute atomic E-state index is 10.1. The van der Waals surface area contributed by atoms with Crippen molar-refractivity contribution in [3.05, 3.63) is 64.7 Å². The van der Waals surface area contributed by atoms with E-state index in [9.17, 15) is 5.11 Å². The van der Waals surface area contributed by atoms with E-state index in [-0.39, 0.29) is 0 Å². The molecule has 3 rings (SSSR count). The van der Waals surface area contributed by atoms with E-state index >= 15 is 0 Å². The smallest absolute Gasteiger partial charge is 0.125 e. The van der Waals surface area contributed by atoms with Crippen molar-refractivity contribution >= 4 is 0 Å². The maximum Gasteiger partial charge on any atom is 0.125 e. The first-order valence-corrected chi connectivity index (χ1v) is 7.78. The number of aryl methyl sites for hydroxylation is 2. The fourth-order valence-corrected chi connectivity index (χ4v) is 2.98. The van der Waals surface area contributed by atoms with Crippen molar-refractivity contribution in [1.82, 2.24) is 0 Å². The SMILES string of the molecule is CC[C@H](O)c1ccccc1OCc1ccc2c(c1)CCC2. The molecule has 1 aliphatic rings. The molecule has 0 aromatic heterocycles. The summed E-state index contributed by atoms with van der Waals surface area (Å²) in [5, 5.41) is 10.1. The third-order valence-electron chi connectivity index (χ3n) is 4.22. The molecule has 0 saturated heterocycles. The second-order valence-corrected chi connectivity index (χ2v) is 5.71. The first-order chi connectivity index (χ1) is 10.3. The molecule has 0 saturated carbocycles. The summed E-state index contributed by atoms with van der Waals surface area (Å²) in [6, 6.07) is 14.4. The van der Waals surface area contributed by atoms with Gasteiger partial charge < -0.3 is 9.84 Å². The number of ether oxygens (including phenoxy) is 1. The van der Waals surface area contributed by atoms with E-state index in [0.29, 0.717) is 13.0 Å². The summed E-state index contributed by atoms with van der Waals surface area (Å²) in [4.78, 5) is 0. The summed E-state index contributed by atoms with van der Waals surface area (Å²) in [5.74, 6) is 0.785. The van der Waals surface area contributed by atoms with Gasteiger partial charge in [0.25, 0.3) is 0 Å². The quantitative estimate of drug-likeness (QED) is 0.890. The van der Waals surface area contributed by atoms with Crippen LogP contribution in [0.2, 0.25) is 0 Å². The van der Waals surface area contributed by atoms with Crippen LogP contribution in [0.3, 0.4) is 0 Å². The Hall–Kier alpha value is -1.80. The van der Waals surface area contributed by atoms with E-state index in [1.54, 1.807) is 0 Å². The lowest BCUT2D eigenvalue weighted by Crippen LogP contribution is -2.02. The molecule has 0 fully saturated rings. The van der Waals surface area contributed by atoms with Gasteiger partial charge in [-0.1, -0.05) is 43.3 Å². The molecular formula is C19H22O2. The van der Waals surface area contributed by atoms with Crippen LogP contribution in [-0.4, -0.2) is 5.11 Å². The summed E-state index contributed by atoms with van der Waals surface area (Å²) < 4.78 is 5.95. The minimum absolute atomic E-state index is 0.457. The van der Waals surface area contributed by atoms with Gasteiger partial charge in [-0.15, -0.1) is 0 Å². The van der Waals surface area contributed by atoms with Gasteiger partial charge in [0.2, 0.25) is 0 Å². The van der Waals surface area contributed by atoms with Crippen LogP contribution < -0.4 is 4.74 Å². The Labute approximate surface area is 126 Å². The molecule has 0 radical (unpaired) electrons. The molecule has 0 spiro atoms. The first kappa shape index (κ1) is 14.2. The normalized spacial score (nSPS) is 14.8. The van der Waals surface area contributed by atoms with Gasteiger partial charge >= 0.3 is 0 Å². The van der Waals surface area contributed by atoms with Gasteiger partial charge in [-0.25, -0.2) is 0 Å². The fourth-order valence-electron chi connectivity index (χ4n) is 2.98. The van der Waals surface area contributed by atoms with Crippen LogP contribution in [0.5, 0.6) is 5.75 Å². The lowest BCUT2D eigenvalue weighted by molar-refractivity contribution is 0.166. The number of benzene rings is 2. The van der Waals surface area contributed by atoms with Crippen molar-refractivity contribution in [1.29, 1.82) is 0 Å². The molecule has 2 aromatic carbocycles. The Kier molecular flexibility index (Phi) is 4.26. The summed E-state index contributed by atoms with van der Waals surface area (Å²) in [6.07, 6.45) is 3.90. The van der Waals surface area contributed by atoms with E-state index < -0.39 is 6.10 Å². The van der Waals surface area contributed by atoms with Gasteiger partial charge in [-0.2, -0.15) is 0 Å². The second-order valence-electron chi connectivity index (χ2n) is 5.71. The number of aliphatic hydroxyl groups excluding tert-OH is 1. The number of rotatable bonds is 5. The summed E-state index contributed by atoms with van der Waals surface area (Å²) in [5.41, 5.74) is 5.04. The molecule has 2 heteroatoms. The topological polar surface area (TPSA) is 29.5 Å². The minimum atomic E-state index is -0.457. The zero-order valence-corrected chi connectivity index (χ0v) is 12.5. The molecule has 0 heterocycles. The van der Waals surface area contributed by atoms with E-state index in [1.807, 2.05) is 31.2 Å². The first-order valence-electron chi connectivity index (χ1n) is 7.78. The predicted octanol–water partition coefficient (Wildman–Crippen LogP) is 4.20.